The molecule has 0 spiro atoms. The summed E-state index contributed by atoms with van der Waals surface area (Å²) in [5, 5.41) is 0. The van der Waals surface area contributed by atoms with Crippen molar-refractivity contribution >= 4 is 66.8 Å². The van der Waals surface area contributed by atoms with E-state index >= 15 is 0 Å². The molecule has 3 rings (SSSR count). The normalized spacial score (nSPS) is 9.19. The zero-order valence-electron chi connectivity index (χ0n) is 16.9. The Morgan fingerprint density at radius 2 is 0.968 bits per heavy atom. The van der Waals surface area contributed by atoms with Crippen molar-refractivity contribution in [3.63, 3.8) is 0 Å². The molecule has 0 radical (unpaired) electrons. The smallest absolute Gasteiger partial charge is 0.409 e. The zero-order chi connectivity index (χ0) is 22.0. The van der Waals surface area contributed by atoms with E-state index < -0.39 is 8.60 Å². The van der Waals surface area contributed by atoms with E-state index in [1.54, 1.807) is 6.92 Å². The zero-order valence-corrected chi connectivity index (χ0v) is 24.3. The maximum Gasteiger partial charge on any atom is 0.530 e. The van der Waals surface area contributed by atoms with Gasteiger partial charge in [-0.05, 0) is 43.3 Å². The van der Waals surface area contributed by atoms with E-state index in [9.17, 15) is 4.79 Å². The van der Waals surface area contributed by atoms with Gasteiger partial charge in [0.05, 0.1) is 0 Å². The Kier molecular flexibility index (Phi) is 19.6. The summed E-state index contributed by atoms with van der Waals surface area (Å²) in [5.74, 6) is 2.38. The van der Waals surface area contributed by atoms with Crippen LogP contribution in [-0.4, -0.2) is 5.78 Å². The van der Waals surface area contributed by atoms with Gasteiger partial charge >= 0.3 is 48.0 Å². The van der Waals surface area contributed by atoms with Crippen LogP contribution in [0.25, 0.3) is 0 Å². The van der Waals surface area contributed by atoms with E-state index in [0.29, 0.717) is 23.7 Å². The van der Waals surface area contributed by atoms with Crippen LogP contribution in [0.5, 0.6) is 17.2 Å². The van der Waals surface area contributed by atoms with Gasteiger partial charge in [-0.25, -0.2) is 0 Å². The maximum absolute atomic E-state index is 9.81. The summed E-state index contributed by atoms with van der Waals surface area (Å²) in [6, 6.07) is 28.5. The molecule has 0 bridgehead atoms. The molecule has 0 aliphatic heterocycles. The van der Waals surface area contributed by atoms with Crippen LogP contribution >= 0.6 is 61.0 Å². The second-order valence-electron chi connectivity index (χ2n) is 5.54. The fraction of sp³-hybridized carbons (Fsp3) is 0.136. The monoisotopic (exact) mass is 726 g/mol. The first-order valence-electron chi connectivity index (χ1n) is 8.90. The van der Waals surface area contributed by atoms with Gasteiger partial charge in [-0.3, -0.25) is 0 Å². The molecular weight excluding hydrogens is 705 g/mol. The fourth-order valence-corrected chi connectivity index (χ4v) is 2.75. The predicted octanol–water partition coefficient (Wildman–Crippen LogP) is 8.74. The molecule has 0 fully saturated rings. The summed E-state index contributed by atoms with van der Waals surface area (Å²) in [5.41, 5.74) is 0. The van der Waals surface area contributed by atoms with E-state index in [4.69, 9.17) is 13.6 Å². The average molecular weight is 729 g/mol. The van der Waals surface area contributed by atoms with Crippen molar-refractivity contribution in [3.8, 4) is 17.2 Å². The molecule has 31 heavy (non-hydrogen) atoms. The van der Waals surface area contributed by atoms with Crippen LogP contribution in [0.1, 0.15) is 20.3 Å². The molecule has 0 amide bonds. The first-order chi connectivity index (χ1) is 14.6. The van der Waals surface area contributed by atoms with Crippen molar-refractivity contribution in [1.29, 1.82) is 0 Å². The van der Waals surface area contributed by atoms with Gasteiger partial charge in [-0.1, -0.05) is 61.5 Å². The third kappa shape index (κ3) is 15.7. The third-order valence-corrected chi connectivity index (χ3v) is 4.35. The second-order valence-corrected chi connectivity index (χ2v) is 11.5. The largest absolute Gasteiger partial charge is 0.530 e. The molecule has 0 N–H and O–H groups in total. The number of halogens is 3. The maximum atomic E-state index is 9.81. The summed E-state index contributed by atoms with van der Waals surface area (Å²) < 4.78 is 17.5. The van der Waals surface area contributed by atoms with Gasteiger partial charge in [0.25, 0.3) is 0 Å². The minimum Gasteiger partial charge on any atom is -0.409 e. The molecule has 4 nitrogen and oxygen atoms in total. The Morgan fingerprint density at radius 3 is 1.16 bits per heavy atom. The number of hydrogen-bond acceptors (Lipinski definition) is 4. The minimum atomic E-state index is -1.59. The summed E-state index contributed by atoms with van der Waals surface area (Å²) in [7, 11) is -0.340. The number of Topliss-reactive ketones (excluding diaryl/α,β-unsaturated/α-hetero) is 1. The van der Waals surface area contributed by atoms with Crippen LogP contribution in [0.2, 0.25) is 0 Å². The summed E-state index contributed by atoms with van der Waals surface area (Å²) in [4.78, 5) is 9.81. The molecule has 0 heterocycles. The molecule has 0 unspecified atom stereocenters. The molecule has 0 aromatic heterocycles. The number of rotatable bonds is 7. The van der Waals surface area contributed by atoms with E-state index in [2.05, 4.69) is 28.5 Å². The number of carbonyl (C=O) groups is 1. The van der Waals surface area contributed by atoms with Crippen LogP contribution < -0.4 is 13.6 Å². The SMILES string of the molecule is CCC(C)=O.I.[Br][Ni][Br].c1ccc(OP(Oc2ccccc2)Oc2ccccc2)cc1. The van der Waals surface area contributed by atoms with E-state index in [1.165, 1.54) is 10.9 Å². The number of hydrogen-bond donors (Lipinski definition) is 0. The van der Waals surface area contributed by atoms with Crippen molar-refractivity contribution in [2.24, 2.45) is 0 Å². The summed E-state index contributed by atoms with van der Waals surface area (Å²) >= 11 is 6.00. The molecule has 0 atom stereocenters. The van der Waals surface area contributed by atoms with Crippen molar-refractivity contribution in [1.82, 2.24) is 0 Å². The van der Waals surface area contributed by atoms with Crippen LogP contribution in [0.4, 0.5) is 0 Å². The molecule has 3 aromatic rings. The molecular formula is C22H24Br2INiO4P. The Labute approximate surface area is 222 Å². The van der Waals surface area contributed by atoms with Crippen molar-refractivity contribution < 1.29 is 29.3 Å². The first kappa shape index (κ1) is 30.3. The molecule has 9 heteroatoms. The molecule has 0 aliphatic rings. The number of carbonyl (C=O) groups excluding carboxylic acids is 1. The average Bonchev–Trinajstić information content (AvgIpc) is 2.77. The molecule has 0 saturated carbocycles. The number of ketones is 1. The Hall–Kier alpha value is -0.656. The van der Waals surface area contributed by atoms with Crippen molar-refractivity contribution in [2.75, 3.05) is 0 Å². The van der Waals surface area contributed by atoms with Crippen molar-refractivity contribution in [2.45, 2.75) is 20.3 Å². The molecule has 0 saturated heterocycles. The fourth-order valence-electron chi connectivity index (χ4n) is 1.76. The van der Waals surface area contributed by atoms with Gasteiger partial charge < -0.3 is 18.4 Å². The van der Waals surface area contributed by atoms with Gasteiger partial charge in [0, 0.05) is 6.42 Å². The Morgan fingerprint density at radius 1 is 0.742 bits per heavy atom. The molecule has 3 aromatic carbocycles. The van der Waals surface area contributed by atoms with Gasteiger partial charge in [-0.2, -0.15) is 0 Å². The predicted molar refractivity (Wildman–Crippen MR) is 142 cm³/mol. The Balaban J connectivity index is 0.000000868. The van der Waals surface area contributed by atoms with Crippen LogP contribution in [-0.2, 0) is 15.7 Å². The van der Waals surface area contributed by atoms with Gasteiger partial charge in [-0.15, -0.1) is 24.0 Å². The Bertz CT molecular complexity index is 719. The first-order valence-corrected chi connectivity index (χ1v) is 14.9. The third-order valence-electron chi connectivity index (χ3n) is 3.27. The summed E-state index contributed by atoms with van der Waals surface area (Å²) in [6.45, 7) is 3.43. The second kappa shape index (κ2) is 20.0. The molecule has 0 aliphatic carbocycles. The van der Waals surface area contributed by atoms with Gasteiger partial charge in [0.15, 0.2) is 0 Å². The van der Waals surface area contributed by atoms with E-state index in [-0.39, 0.29) is 29.8 Å². The molecule has 172 valence electrons. The van der Waals surface area contributed by atoms with Gasteiger partial charge in [0.1, 0.15) is 23.0 Å². The minimum absolute atomic E-state index is 0. The van der Waals surface area contributed by atoms with Gasteiger partial charge in [0.2, 0.25) is 0 Å². The van der Waals surface area contributed by atoms with Crippen LogP contribution in [0, 0.1) is 0 Å². The van der Waals surface area contributed by atoms with Crippen LogP contribution in [0.3, 0.4) is 0 Å². The van der Waals surface area contributed by atoms with E-state index in [0.717, 1.165) is 0 Å². The quantitative estimate of drug-likeness (QED) is 0.139. The van der Waals surface area contributed by atoms with E-state index in [1.807, 2.05) is 97.9 Å². The number of para-hydroxylation sites is 3. The number of benzene rings is 3. The summed E-state index contributed by atoms with van der Waals surface area (Å²) in [6.07, 6.45) is 0.667. The van der Waals surface area contributed by atoms with Crippen LogP contribution in [0.15, 0.2) is 91.0 Å². The standard InChI is InChI=1S/C18H15O3P.C4H8O.2BrH.HI.Ni/c1-4-10-16(11-5-1)19-22(20-17-12-6-2-7-13-17)21-18-14-8-3-9-15-18;1-3-4(2)5;;;;/h1-15H;3H2,1-2H3;3*1H;/q;;;;;+2/p-2. The van der Waals surface area contributed by atoms with Crippen molar-refractivity contribution in [3.05, 3.63) is 91.0 Å². The topological polar surface area (TPSA) is 44.8 Å².